The predicted molar refractivity (Wildman–Crippen MR) is 59.3 cm³/mol. The first kappa shape index (κ1) is 11.2. The summed E-state index contributed by atoms with van der Waals surface area (Å²) in [6.45, 7) is 5.61. The molecule has 3 nitrogen and oxygen atoms in total. The molecule has 1 rings (SSSR count). The van der Waals surface area contributed by atoms with Crippen molar-refractivity contribution in [1.82, 2.24) is 5.16 Å². The number of nitrogens with zero attached hydrogens (tertiary/aromatic N) is 1. The average Bonchev–Trinajstić information content (AvgIpc) is 2.68. The molecule has 0 aromatic carbocycles. The summed E-state index contributed by atoms with van der Waals surface area (Å²) in [5.74, 6) is 0.625. The largest absolute Gasteiger partial charge is 0.356 e. The first-order chi connectivity index (χ1) is 7.31. The van der Waals surface area contributed by atoms with Crippen molar-refractivity contribution >= 4 is 11.9 Å². The van der Waals surface area contributed by atoms with Crippen LogP contribution >= 0.6 is 0 Å². The van der Waals surface area contributed by atoms with Gasteiger partial charge < -0.3 is 9.32 Å². The van der Waals surface area contributed by atoms with Gasteiger partial charge in [0.25, 0.3) is 0 Å². The highest BCUT2D eigenvalue weighted by Crippen LogP contribution is 2.16. The van der Waals surface area contributed by atoms with Gasteiger partial charge in [-0.05, 0) is 6.92 Å². The van der Waals surface area contributed by atoms with Crippen LogP contribution in [0.25, 0.3) is 5.57 Å². The average molecular weight is 203 g/mol. The topological polar surface area (TPSA) is 43.1 Å². The Morgan fingerprint density at radius 2 is 2.47 bits per heavy atom. The number of aromatic nitrogens is 1. The molecule has 0 amide bonds. The number of hydrogen-bond donors (Lipinski definition) is 0. The van der Waals surface area contributed by atoms with Crippen LogP contribution in [0.1, 0.15) is 18.4 Å². The van der Waals surface area contributed by atoms with Gasteiger partial charge in [-0.2, -0.15) is 0 Å². The van der Waals surface area contributed by atoms with Crippen molar-refractivity contribution in [2.24, 2.45) is 0 Å². The lowest BCUT2D eigenvalue weighted by Gasteiger charge is -1.91. The summed E-state index contributed by atoms with van der Waals surface area (Å²) in [4.78, 5) is 10.3. The zero-order valence-electron chi connectivity index (χ0n) is 8.64. The van der Waals surface area contributed by atoms with Crippen LogP contribution < -0.4 is 0 Å². The maximum Gasteiger partial charge on any atom is 0.167 e. The van der Waals surface area contributed by atoms with Crippen molar-refractivity contribution in [2.45, 2.75) is 13.3 Å². The Bertz CT molecular complexity index is 400. The highest BCUT2D eigenvalue weighted by Gasteiger charge is 2.05. The minimum atomic E-state index is 0.275. The number of rotatable bonds is 5. The molecule has 78 valence electrons. The zero-order valence-corrected chi connectivity index (χ0v) is 8.64. The minimum Gasteiger partial charge on any atom is -0.356 e. The summed E-state index contributed by atoms with van der Waals surface area (Å²) >= 11 is 0. The van der Waals surface area contributed by atoms with Gasteiger partial charge >= 0.3 is 0 Å². The summed E-state index contributed by atoms with van der Waals surface area (Å²) in [7, 11) is 0. The Hall–Kier alpha value is -1.90. The van der Waals surface area contributed by atoms with Gasteiger partial charge in [-0.25, -0.2) is 0 Å². The van der Waals surface area contributed by atoms with Crippen molar-refractivity contribution in [3.63, 3.8) is 0 Å². The molecule has 0 N–H and O–H groups in total. The van der Waals surface area contributed by atoms with Crippen LogP contribution in [-0.2, 0) is 11.2 Å². The quantitative estimate of drug-likeness (QED) is 0.545. The zero-order chi connectivity index (χ0) is 11.1. The third-order valence-corrected chi connectivity index (χ3v) is 1.82. The molecule has 1 aromatic heterocycles. The van der Waals surface area contributed by atoms with Crippen molar-refractivity contribution in [3.8, 4) is 0 Å². The van der Waals surface area contributed by atoms with Crippen LogP contribution in [0.4, 0.5) is 0 Å². The van der Waals surface area contributed by atoms with E-state index in [1.807, 2.05) is 25.2 Å². The van der Waals surface area contributed by atoms with E-state index >= 15 is 0 Å². The molecule has 3 heteroatoms. The van der Waals surface area contributed by atoms with E-state index in [9.17, 15) is 4.79 Å². The Morgan fingerprint density at radius 1 is 1.67 bits per heavy atom. The van der Waals surface area contributed by atoms with Gasteiger partial charge in [0.05, 0.1) is 5.69 Å². The van der Waals surface area contributed by atoms with Gasteiger partial charge in [-0.15, -0.1) is 0 Å². The highest BCUT2D eigenvalue weighted by atomic mass is 16.5. The maximum atomic E-state index is 10.3. The van der Waals surface area contributed by atoms with E-state index in [1.54, 1.807) is 12.1 Å². The number of aldehydes is 1. The summed E-state index contributed by atoms with van der Waals surface area (Å²) in [5.41, 5.74) is 1.48. The first-order valence-corrected chi connectivity index (χ1v) is 4.66. The van der Waals surface area contributed by atoms with Crippen molar-refractivity contribution in [2.75, 3.05) is 0 Å². The van der Waals surface area contributed by atoms with E-state index < -0.39 is 0 Å². The van der Waals surface area contributed by atoms with Gasteiger partial charge in [0.2, 0.25) is 0 Å². The van der Waals surface area contributed by atoms with Crippen LogP contribution in [0.2, 0.25) is 0 Å². The number of carbonyl (C=O) groups excluding carboxylic acids is 1. The molecule has 0 saturated carbocycles. The second-order valence-electron chi connectivity index (χ2n) is 2.91. The van der Waals surface area contributed by atoms with E-state index in [4.69, 9.17) is 4.52 Å². The Morgan fingerprint density at radius 3 is 3.07 bits per heavy atom. The van der Waals surface area contributed by atoms with Crippen molar-refractivity contribution in [1.29, 1.82) is 0 Å². The molecule has 1 heterocycles. The smallest absolute Gasteiger partial charge is 0.167 e. The number of carbonyl (C=O) groups is 1. The molecule has 0 aliphatic rings. The molecule has 0 saturated heterocycles. The summed E-state index contributed by atoms with van der Waals surface area (Å²) < 4.78 is 5.08. The molecule has 0 atom stereocenters. The minimum absolute atomic E-state index is 0.275. The molecule has 0 radical (unpaired) electrons. The first-order valence-electron chi connectivity index (χ1n) is 4.66. The van der Waals surface area contributed by atoms with Gasteiger partial charge in [0, 0.05) is 18.1 Å². The molecular formula is C12H13NO2. The fraction of sp³-hybridized carbons (Fsp3) is 0.167. The maximum absolute atomic E-state index is 10.3. The van der Waals surface area contributed by atoms with E-state index in [0.29, 0.717) is 11.5 Å². The Kier molecular flexibility index (Phi) is 4.29. The molecule has 0 bridgehead atoms. The van der Waals surface area contributed by atoms with Crippen LogP contribution in [-0.4, -0.2) is 11.4 Å². The fourth-order valence-corrected chi connectivity index (χ4v) is 1.08. The SMILES string of the molecule is C=C/C(=C\C=C\C)c1cc(CC=O)no1. The van der Waals surface area contributed by atoms with E-state index in [0.717, 1.165) is 11.9 Å². The fourth-order valence-electron chi connectivity index (χ4n) is 1.08. The summed E-state index contributed by atoms with van der Waals surface area (Å²) in [6.07, 6.45) is 8.43. The lowest BCUT2D eigenvalue weighted by Crippen LogP contribution is -1.83. The molecule has 1 aromatic rings. The second-order valence-corrected chi connectivity index (χ2v) is 2.91. The lowest BCUT2D eigenvalue weighted by atomic mass is 10.1. The molecular weight excluding hydrogens is 190 g/mol. The lowest BCUT2D eigenvalue weighted by molar-refractivity contribution is -0.107. The van der Waals surface area contributed by atoms with Gasteiger partial charge in [-0.1, -0.05) is 36.0 Å². The Balaban J connectivity index is 2.92. The third kappa shape index (κ3) is 3.06. The van der Waals surface area contributed by atoms with Gasteiger partial charge in [0.15, 0.2) is 5.76 Å². The molecule has 0 spiro atoms. The molecule has 0 aliphatic heterocycles. The van der Waals surface area contributed by atoms with Crippen molar-refractivity contribution in [3.05, 3.63) is 48.4 Å². The van der Waals surface area contributed by atoms with Crippen LogP contribution in [0.3, 0.4) is 0 Å². The summed E-state index contributed by atoms with van der Waals surface area (Å²) in [6, 6.07) is 1.74. The van der Waals surface area contributed by atoms with E-state index in [-0.39, 0.29) is 6.42 Å². The molecule has 0 aliphatic carbocycles. The monoisotopic (exact) mass is 203 g/mol. The van der Waals surface area contributed by atoms with E-state index in [2.05, 4.69) is 11.7 Å². The standard InChI is InChI=1S/C12H13NO2/c1-3-5-6-10(4-2)12-9-11(7-8-14)13-15-12/h3-6,8-9H,2,7H2,1H3/b5-3+,10-6+. The molecule has 15 heavy (non-hydrogen) atoms. The van der Waals surface area contributed by atoms with Gasteiger partial charge in [0.1, 0.15) is 6.29 Å². The predicted octanol–water partition coefficient (Wildman–Crippen LogP) is 2.56. The molecule has 0 fully saturated rings. The van der Waals surface area contributed by atoms with Crippen LogP contribution in [0, 0.1) is 0 Å². The van der Waals surface area contributed by atoms with Crippen LogP contribution in [0.15, 0.2) is 41.5 Å². The highest BCUT2D eigenvalue weighted by molar-refractivity contribution is 5.71. The molecule has 0 unspecified atom stereocenters. The van der Waals surface area contributed by atoms with Gasteiger partial charge in [-0.3, -0.25) is 0 Å². The van der Waals surface area contributed by atoms with Crippen molar-refractivity contribution < 1.29 is 9.32 Å². The Labute approximate surface area is 88.8 Å². The normalized spacial score (nSPS) is 11.9. The van der Waals surface area contributed by atoms with Crippen LogP contribution in [0.5, 0.6) is 0 Å². The number of hydrogen-bond acceptors (Lipinski definition) is 3. The number of allylic oxidation sites excluding steroid dienone is 5. The van der Waals surface area contributed by atoms with E-state index in [1.165, 1.54) is 0 Å². The second kappa shape index (κ2) is 5.75. The summed E-state index contributed by atoms with van der Waals surface area (Å²) in [5, 5.41) is 3.76. The third-order valence-electron chi connectivity index (χ3n) is 1.82.